The highest BCUT2D eigenvalue weighted by atomic mass is 32.1. The molecule has 2 aliphatic heterocycles. The average Bonchev–Trinajstić information content (AvgIpc) is 3.32. The van der Waals surface area contributed by atoms with E-state index in [1.54, 1.807) is 17.3 Å². The Bertz CT molecular complexity index is 1020. The highest BCUT2D eigenvalue weighted by Crippen LogP contribution is 2.36. The van der Waals surface area contributed by atoms with E-state index >= 15 is 0 Å². The third-order valence-corrected chi connectivity index (χ3v) is 5.56. The molecule has 0 aromatic carbocycles. The number of morpholine rings is 1. The van der Waals surface area contributed by atoms with Gasteiger partial charge in [0, 0.05) is 18.1 Å². The summed E-state index contributed by atoms with van der Waals surface area (Å²) in [4.78, 5) is 23.1. The fourth-order valence-corrected chi connectivity index (χ4v) is 4.23. The van der Waals surface area contributed by atoms with Crippen LogP contribution in [-0.2, 0) is 11.3 Å². The Kier molecular flexibility index (Phi) is 3.76. The van der Waals surface area contributed by atoms with Gasteiger partial charge in [0.05, 0.1) is 36.0 Å². The van der Waals surface area contributed by atoms with Crippen LogP contribution in [0.3, 0.4) is 0 Å². The van der Waals surface area contributed by atoms with Gasteiger partial charge in [0.25, 0.3) is 5.91 Å². The molecule has 0 unspecified atom stereocenters. The zero-order valence-corrected chi connectivity index (χ0v) is 15.2. The molecule has 0 saturated carbocycles. The van der Waals surface area contributed by atoms with Gasteiger partial charge in [0.15, 0.2) is 17.5 Å². The maximum Gasteiger partial charge on any atom is 0.258 e. The van der Waals surface area contributed by atoms with Crippen molar-refractivity contribution < 1.29 is 13.9 Å². The van der Waals surface area contributed by atoms with E-state index in [9.17, 15) is 9.18 Å². The molecule has 2 atom stereocenters. The first-order valence-electron chi connectivity index (χ1n) is 8.48. The van der Waals surface area contributed by atoms with Crippen molar-refractivity contribution in [2.24, 2.45) is 0 Å². The largest absolute Gasteiger partial charge is 0.377 e. The number of hydrogen-bond donors (Lipinski definition) is 0. The Morgan fingerprint density at radius 2 is 2.22 bits per heavy atom. The topological polar surface area (TPSA) is 86.0 Å². The van der Waals surface area contributed by atoms with E-state index in [2.05, 4.69) is 20.2 Å². The van der Waals surface area contributed by atoms with Gasteiger partial charge in [-0.2, -0.15) is 0 Å². The van der Waals surface area contributed by atoms with Crippen LogP contribution in [0.25, 0.3) is 11.5 Å². The number of thiazole rings is 1. The molecular weight excluding hydrogens is 371 g/mol. The number of aromatic nitrogens is 5. The molecule has 138 valence electrons. The van der Waals surface area contributed by atoms with Gasteiger partial charge in [0.2, 0.25) is 0 Å². The maximum atomic E-state index is 14.5. The van der Waals surface area contributed by atoms with Crippen LogP contribution in [0.4, 0.5) is 4.39 Å². The van der Waals surface area contributed by atoms with Crippen molar-refractivity contribution in [2.45, 2.75) is 25.6 Å². The van der Waals surface area contributed by atoms with Crippen LogP contribution in [0.15, 0.2) is 23.2 Å². The second kappa shape index (κ2) is 6.17. The predicted octanol–water partition coefficient (Wildman–Crippen LogP) is 1.84. The molecule has 3 aromatic heterocycles. The summed E-state index contributed by atoms with van der Waals surface area (Å²) in [6, 6.07) is 0.768. The van der Waals surface area contributed by atoms with E-state index in [0.717, 1.165) is 5.69 Å². The number of amides is 1. The number of halogens is 1. The lowest BCUT2D eigenvalue weighted by Gasteiger charge is -2.45. The number of pyridine rings is 1. The predicted molar refractivity (Wildman–Crippen MR) is 93.6 cm³/mol. The fraction of sp³-hybridized carbons (Fsp3) is 0.353. The Morgan fingerprint density at radius 3 is 3.04 bits per heavy atom. The number of ether oxygens (including phenoxy) is 1. The quantitative estimate of drug-likeness (QED) is 0.668. The van der Waals surface area contributed by atoms with Crippen molar-refractivity contribution in [1.29, 1.82) is 0 Å². The highest BCUT2D eigenvalue weighted by Gasteiger charge is 2.44. The van der Waals surface area contributed by atoms with Crippen molar-refractivity contribution in [3.8, 4) is 11.5 Å². The van der Waals surface area contributed by atoms with Gasteiger partial charge in [-0.05, 0) is 13.0 Å². The molecular formula is C17H15FN6O2S. The summed E-state index contributed by atoms with van der Waals surface area (Å²) in [5, 5.41) is 10.5. The zero-order chi connectivity index (χ0) is 18.5. The second-order valence-corrected chi connectivity index (χ2v) is 7.26. The molecule has 0 N–H and O–H groups in total. The molecule has 1 fully saturated rings. The number of carbonyl (C=O) groups is 1. The summed E-state index contributed by atoms with van der Waals surface area (Å²) in [6.45, 7) is 2.69. The molecule has 0 spiro atoms. The Hall–Kier alpha value is -2.72. The number of carbonyl (C=O) groups excluding carboxylic acids is 1. The standard InChI is InChI=1S/C17H15FN6O2S/c1-9-14(18)11(2-3-19-9)17(25)24-10-4-23-15(12-7-27-8-20-12)21-22-16(23)13(24)6-26-5-10/h2-3,7-8,10,13H,4-6H2,1H3/t10-,13-/m1/s1. The molecule has 5 rings (SSSR count). The summed E-state index contributed by atoms with van der Waals surface area (Å²) < 4.78 is 22.1. The summed E-state index contributed by atoms with van der Waals surface area (Å²) in [6.07, 6.45) is 1.45. The van der Waals surface area contributed by atoms with Crippen LogP contribution in [0.2, 0.25) is 0 Å². The lowest BCUT2D eigenvalue weighted by atomic mass is 10.0. The van der Waals surface area contributed by atoms with Gasteiger partial charge in [-0.15, -0.1) is 21.5 Å². The lowest BCUT2D eigenvalue weighted by molar-refractivity contribution is -0.0571. The van der Waals surface area contributed by atoms with E-state index in [1.807, 2.05) is 9.95 Å². The Morgan fingerprint density at radius 1 is 1.33 bits per heavy atom. The van der Waals surface area contributed by atoms with Crippen LogP contribution < -0.4 is 0 Å². The van der Waals surface area contributed by atoms with Crippen LogP contribution in [0.5, 0.6) is 0 Å². The minimum absolute atomic E-state index is 0.0205. The molecule has 0 aliphatic carbocycles. The van der Waals surface area contributed by atoms with Crippen LogP contribution >= 0.6 is 11.3 Å². The summed E-state index contributed by atoms with van der Waals surface area (Å²) in [7, 11) is 0. The third kappa shape index (κ3) is 2.47. The molecule has 0 radical (unpaired) electrons. The molecule has 2 aliphatic rings. The first kappa shape index (κ1) is 16.5. The Labute approximate surface area is 157 Å². The number of hydrogen-bond acceptors (Lipinski definition) is 7. The maximum absolute atomic E-state index is 14.5. The third-order valence-electron chi connectivity index (χ3n) is 4.98. The fourth-order valence-electron chi connectivity index (χ4n) is 3.70. The van der Waals surface area contributed by atoms with Crippen LogP contribution in [-0.4, -0.2) is 54.8 Å². The van der Waals surface area contributed by atoms with Gasteiger partial charge < -0.3 is 14.2 Å². The van der Waals surface area contributed by atoms with Gasteiger partial charge in [-0.1, -0.05) is 0 Å². The molecule has 27 heavy (non-hydrogen) atoms. The molecule has 3 aromatic rings. The molecule has 2 bridgehead atoms. The van der Waals surface area contributed by atoms with Crippen LogP contribution in [0.1, 0.15) is 27.9 Å². The molecule has 8 nitrogen and oxygen atoms in total. The first-order valence-corrected chi connectivity index (χ1v) is 9.42. The van der Waals surface area contributed by atoms with Crippen molar-refractivity contribution in [3.05, 3.63) is 46.1 Å². The normalized spacial score (nSPS) is 21.2. The van der Waals surface area contributed by atoms with E-state index in [1.165, 1.54) is 23.6 Å². The summed E-state index contributed by atoms with van der Waals surface area (Å²) >= 11 is 1.49. The van der Waals surface area contributed by atoms with Gasteiger partial charge in [-0.3, -0.25) is 9.78 Å². The molecule has 1 amide bonds. The Balaban J connectivity index is 1.57. The van der Waals surface area contributed by atoms with Crippen molar-refractivity contribution >= 4 is 17.2 Å². The number of nitrogens with zero attached hydrogens (tertiary/aromatic N) is 6. The molecule has 1 saturated heterocycles. The number of rotatable bonds is 2. The molecule has 5 heterocycles. The first-order chi connectivity index (χ1) is 13.1. The van der Waals surface area contributed by atoms with Crippen molar-refractivity contribution in [1.82, 2.24) is 29.6 Å². The second-order valence-electron chi connectivity index (χ2n) is 6.54. The minimum Gasteiger partial charge on any atom is -0.377 e. The van der Waals surface area contributed by atoms with E-state index < -0.39 is 11.9 Å². The zero-order valence-electron chi connectivity index (χ0n) is 14.4. The summed E-state index contributed by atoms with van der Waals surface area (Å²) in [5.74, 6) is 0.354. The number of aryl methyl sites for hydroxylation is 1. The highest BCUT2D eigenvalue weighted by molar-refractivity contribution is 7.07. The van der Waals surface area contributed by atoms with Crippen molar-refractivity contribution in [3.63, 3.8) is 0 Å². The number of fused-ring (bicyclic) bond motifs is 4. The van der Waals surface area contributed by atoms with E-state index in [4.69, 9.17) is 4.74 Å². The average molecular weight is 386 g/mol. The minimum atomic E-state index is -0.586. The van der Waals surface area contributed by atoms with Gasteiger partial charge >= 0.3 is 0 Å². The van der Waals surface area contributed by atoms with Crippen molar-refractivity contribution in [2.75, 3.05) is 13.2 Å². The van der Waals surface area contributed by atoms with Gasteiger partial charge in [0.1, 0.15) is 11.7 Å². The van der Waals surface area contributed by atoms with E-state index in [0.29, 0.717) is 31.4 Å². The van der Waals surface area contributed by atoms with E-state index in [-0.39, 0.29) is 23.2 Å². The molecule has 10 heteroatoms. The smallest absolute Gasteiger partial charge is 0.258 e. The summed E-state index contributed by atoms with van der Waals surface area (Å²) in [5.41, 5.74) is 2.72. The van der Waals surface area contributed by atoms with Gasteiger partial charge in [-0.25, -0.2) is 9.37 Å². The monoisotopic (exact) mass is 386 g/mol. The lowest BCUT2D eigenvalue weighted by Crippen LogP contribution is -2.56. The van der Waals surface area contributed by atoms with Crippen LogP contribution in [0, 0.1) is 12.7 Å². The SMILES string of the molecule is Cc1nccc(C(=O)N2[C@H]3COC[C@@H]2c2nnc(-c4cscn4)n2C3)c1F.